The van der Waals surface area contributed by atoms with Gasteiger partial charge < -0.3 is 9.88 Å². The third-order valence-corrected chi connectivity index (χ3v) is 4.46. The molecule has 0 bridgehead atoms. The highest BCUT2D eigenvalue weighted by Gasteiger charge is 2.15. The Morgan fingerprint density at radius 2 is 2.60 bits per heavy atom. The summed E-state index contributed by atoms with van der Waals surface area (Å²) in [6.07, 6.45) is 4.41. The van der Waals surface area contributed by atoms with Gasteiger partial charge in [0, 0.05) is 18.8 Å². The van der Waals surface area contributed by atoms with E-state index in [2.05, 4.69) is 22.1 Å². The van der Waals surface area contributed by atoms with Crippen molar-refractivity contribution in [3.63, 3.8) is 0 Å². The van der Waals surface area contributed by atoms with Gasteiger partial charge in [-0.15, -0.1) is 0 Å². The SMILES string of the molecule is Cn1c(Cl)cnc1CNCC1CCCS1. The first-order valence-corrected chi connectivity index (χ1v) is 6.68. The molecule has 0 amide bonds. The van der Waals surface area contributed by atoms with Gasteiger partial charge in [0.1, 0.15) is 11.0 Å². The Morgan fingerprint density at radius 3 is 3.20 bits per heavy atom. The summed E-state index contributed by atoms with van der Waals surface area (Å²) in [4.78, 5) is 4.24. The molecule has 1 aromatic heterocycles. The van der Waals surface area contributed by atoms with E-state index in [1.165, 1.54) is 18.6 Å². The number of rotatable bonds is 4. The lowest BCUT2D eigenvalue weighted by molar-refractivity contribution is 0.613. The Balaban J connectivity index is 1.75. The van der Waals surface area contributed by atoms with E-state index in [-0.39, 0.29) is 0 Å². The number of halogens is 1. The zero-order valence-electron chi connectivity index (χ0n) is 8.87. The fraction of sp³-hybridized carbons (Fsp3) is 0.700. The van der Waals surface area contributed by atoms with Crippen LogP contribution in [0.5, 0.6) is 0 Å². The second-order valence-corrected chi connectivity index (χ2v) is 5.62. The highest BCUT2D eigenvalue weighted by atomic mass is 35.5. The quantitative estimate of drug-likeness (QED) is 0.881. The van der Waals surface area contributed by atoms with Crippen LogP contribution in [-0.2, 0) is 13.6 Å². The number of hydrogen-bond donors (Lipinski definition) is 1. The van der Waals surface area contributed by atoms with Crippen molar-refractivity contribution in [1.82, 2.24) is 14.9 Å². The summed E-state index contributed by atoms with van der Waals surface area (Å²) in [6.45, 7) is 1.88. The topological polar surface area (TPSA) is 29.9 Å². The Kier molecular flexibility index (Phi) is 3.94. The lowest BCUT2D eigenvalue weighted by Gasteiger charge is -2.09. The molecule has 2 rings (SSSR count). The minimum atomic E-state index is 0.696. The smallest absolute Gasteiger partial charge is 0.128 e. The largest absolute Gasteiger partial charge is 0.321 e. The molecule has 0 aromatic carbocycles. The van der Waals surface area contributed by atoms with Crippen molar-refractivity contribution >= 4 is 23.4 Å². The van der Waals surface area contributed by atoms with E-state index in [0.29, 0.717) is 5.15 Å². The van der Waals surface area contributed by atoms with Gasteiger partial charge in [0.05, 0.1) is 12.7 Å². The van der Waals surface area contributed by atoms with E-state index >= 15 is 0 Å². The fourth-order valence-electron chi connectivity index (χ4n) is 1.74. The third-order valence-electron chi connectivity index (χ3n) is 2.71. The van der Waals surface area contributed by atoms with Crippen molar-refractivity contribution in [2.45, 2.75) is 24.6 Å². The van der Waals surface area contributed by atoms with Crippen LogP contribution in [0.4, 0.5) is 0 Å². The Morgan fingerprint density at radius 1 is 1.73 bits per heavy atom. The van der Waals surface area contributed by atoms with Crippen LogP contribution in [0.25, 0.3) is 0 Å². The maximum atomic E-state index is 5.90. The molecule has 1 fully saturated rings. The van der Waals surface area contributed by atoms with Crippen molar-refractivity contribution < 1.29 is 0 Å². The van der Waals surface area contributed by atoms with Crippen LogP contribution in [0.3, 0.4) is 0 Å². The summed E-state index contributed by atoms with van der Waals surface area (Å²) in [6, 6.07) is 0. The van der Waals surface area contributed by atoms with Gasteiger partial charge in [-0.1, -0.05) is 11.6 Å². The molecule has 0 aliphatic carbocycles. The zero-order chi connectivity index (χ0) is 10.7. The lowest BCUT2D eigenvalue weighted by Crippen LogP contribution is -2.24. The number of imidazole rings is 1. The van der Waals surface area contributed by atoms with Gasteiger partial charge in [0.15, 0.2) is 0 Å². The van der Waals surface area contributed by atoms with Crippen molar-refractivity contribution in [3.05, 3.63) is 17.2 Å². The molecule has 1 aromatic rings. The standard InChI is InChI=1S/C10H16ClN3S/c1-14-9(11)6-13-10(14)7-12-5-8-3-2-4-15-8/h6,8,12H,2-5,7H2,1H3. The van der Waals surface area contributed by atoms with Crippen LogP contribution in [0.2, 0.25) is 5.15 Å². The summed E-state index contributed by atoms with van der Waals surface area (Å²) in [5.41, 5.74) is 0. The van der Waals surface area contributed by atoms with Crippen molar-refractivity contribution in [1.29, 1.82) is 0 Å². The van der Waals surface area contributed by atoms with Gasteiger partial charge >= 0.3 is 0 Å². The number of nitrogens with one attached hydrogen (secondary N) is 1. The van der Waals surface area contributed by atoms with Gasteiger partial charge in [-0.3, -0.25) is 0 Å². The molecule has 84 valence electrons. The monoisotopic (exact) mass is 245 g/mol. The molecule has 1 aliphatic heterocycles. The molecule has 0 spiro atoms. The van der Waals surface area contributed by atoms with Crippen LogP contribution in [0.1, 0.15) is 18.7 Å². The fourth-order valence-corrected chi connectivity index (χ4v) is 3.12. The van der Waals surface area contributed by atoms with Gasteiger partial charge in [-0.2, -0.15) is 11.8 Å². The second-order valence-electron chi connectivity index (χ2n) is 3.82. The molecule has 1 unspecified atom stereocenters. The van der Waals surface area contributed by atoms with E-state index in [0.717, 1.165) is 24.2 Å². The van der Waals surface area contributed by atoms with E-state index in [1.807, 2.05) is 11.6 Å². The molecule has 15 heavy (non-hydrogen) atoms. The van der Waals surface area contributed by atoms with Crippen LogP contribution < -0.4 is 5.32 Å². The average Bonchev–Trinajstić information content (AvgIpc) is 2.83. The molecule has 0 saturated carbocycles. The molecule has 1 saturated heterocycles. The van der Waals surface area contributed by atoms with E-state index in [1.54, 1.807) is 6.20 Å². The van der Waals surface area contributed by atoms with Gasteiger partial charge in [0.25, 0.3) is 0 Å². The molecular weight excluding hydrogens is 230 g/mol. The summed E-state index contributed by atoms with van der Waals surface area (Å²) in [7, 11) is 1.94. The third kappa shape index (κ3) is 2.89. The molecule has 5 heteroatoms. The molecule has 1 atom stereocenters. The Hall–Kier alpha value is -0.190. The maximum absolute atomic E-state index is 5.90. The number of thioether (sulfide) groups is 1. The van der Waals surface area contributed by atoms with Crippen molar-refractivity contribution in [2.24, 2.45) is 7.05 Å². The molecule has 1 N–H and O–H groups in total. The lowest BCUT2D eigenvalue weighted by atomic mass is 10.2. The molecule has 1 aliphatic rings. The van der Waals surface area contributed by atoms with Crippen molar-refractivity contribution in [2.75, 3.05) is 12.3 Å². The van der Waals surface area contributed by atoms with E-state index in [4.69, 9.17) is 11.6 Å². The summed E-state index contributed by atoms with van der Waals surface area (Å²) in [5.74, 6) is 2.32. The highest BCUT2D eigenvalue weighted by molar-refractivity contribution is 8.00. The normalized spacial score (nSPS) is 21.1. The van der Waals surface area contributed by atoms with E-state index < -0.39 is 0 Å². The zero-order valence-corrected chi connectivity index (χ0v) is 10.4. The predicted molar refractivity (Wildman–Crippen MR) is 65.4 cm³/mol. The Labute approximate surface area is 99.6 Å². The first-order chi connectivity index (χ1) is 7.27. The molecule has 0 radical (unpaired) electrons. The first-order valence-electron chi connectivity index (χ1n) is 5.26. The molecule has 3 nitrogen and oxygen atoms in total. The first kappa shape index (κ1) is 11.3. The highest BCUT2D eigenvalue weighted by Crippen LogP contribution is 2.25. The van der Waals surface area contributed by atoms with Crippen LogP contribution in [-0.4, -0.2) is 27.1 Å². The number of nitrogens with zero attached hydrogens (tertiary/aromatic N) is 2. The molecular formula is C10H16ClN3S. The summed E-state index contributed by atoms with van der Waals surface area (Å²) < 4.78 is 1.91. The maximum Gasteiger partial charge on any atom is 0.128 e. The van der Waals surface area contributed by atoms with Crippen LogP contribution >= 0.6 is 23.4 Å². The number of hydrogen-bond acceptors (Lipinski definition) is 3. The van der Waals surface area contributed by atoms with Crippen molar-refractivity contribution in [3.8, 4) is 0 Å². The summed E-state index contributed by atoms with van der Waals surface area (Å²) in [5, 5.41) is 4.92. The van der Waals surface area contributed by atoms with E-state index in [9.17, 15) is 0 Å². The summed E-state index contributed by atoms with van der Waals surface area (Å²) >= 11 is 7.98. The van der Waals surface area contributed by atoms with Gasteiger partial charge in [-0.05, 0) is 18.6 Å². The van der Waals surface area contributed by atoms with Gasteiger partial charge in [-0.25, -0.2) is 4.98 Å². The second kappa shape index (κ2) is 5.23. The Bertz CT molecular complexity index is 320. The predicted octanol–water partition coefficient (Wildman–Crippen LogP) is 2.06. The van der Waals surface area contributed by atoms with Crippen LogP contribution in [0, 0.1) is 0 Å². The average molecular weight is 246 g/mol. The number of aromatic nitrogens is 2. The minimum Gasteiger partial charge on any atom is -0.321 e. The molecule has 2 heterocycles. The van der Waals surface area contributed by atoms with Crippen LogP contribution in [0.15, 0.2) is 6.20 Å². The minimum absolute atomic E-state index is 0.696. The van der Waals surface area contributed by atoms with Gasteiger partial charge in [0.2, 0.25) is 0 Å².